The number of anilines is 1. The van der Waals surface area contributed by atoms with E-state index in [1.165, 1.54) is 6.21 Å². The second kappa shape index (κ2) is 8.35. The lowest BCUT2D eigenvalue weighted by Crippen LogP contribution is -2.18. The monoisotopic (exact) mass is 367 g/mol. The van der Waals surface area contributed by atoms with Gasteiger partial charge in [-0.3, -0.25) is 9.59 Å². The van der Waals surface area contributed by atoms with Gasteiger partial charge in [0.05, 0.1) is 20.4 Å². The lowest BCUT2D eigenvalue weighted by atomic mass is 10.2. The van der Waals surface area contributed by atoms with Crippen LogP contribution in [0.5, 0.6) is 11.5 Å². The maximum atomic E-state index is 12.2. The molecule has 0 atom stereocenters. The van der Waals surface area contributed by atoms with Crippen molar-refractivity contribution in [2.75, 3.05) is 19.5 Å². The van der Waals surface area contributed by atoms with Crippen LogP contribution in [0, 0.1) is 5.92 Å². The molecule has 0 spiro atoms. The molecule has 3 rings (SSSR count). The number of carbonyl (C=O) groups is 2. The minimum absolute atomic E-state index is 0.0326. The smallest absolute Gasteiger partial charge is 0.271 e. The molecule has 140 valence electrons. The van der Waals surface area contributed by atoms with Crippen LogP contribution in [0.4, 0.5) is 5.69 Å². The molecule has 0 aliphatic heterocycles. The first-order chi connectivity index (χ1) is 13.1. The molecule has 0 unspecified atom stereocenters. The molecule has 2 amide bonds. The molecule has 1 aliphatic rings. The number of rotatable bonds is 7. The molecule has 1 aliphatic carbocycles. The summed E-state index contributed by atoms with van der Waals surface area (Å²) in [6.07, 6.45) is 3.40. The van der Waals surface area contributed by atoms with Gasteiger partial charge in [0.2, 0.25) is 5.91 Å². The molecular weight excluding hydrogens is 346 g/mol. The highest BCUT2D eigenvalue weighted by Gasteiger charge is 2.29. The van der Waals surface area contributed by atoms with Crippen LogP contribution in [0.15, 0.2) is 47.6 Å². The maximum absolute atomic E-state index is 12.2. The standard InChI is InChI=1S/C20H21N3O4/c1-26-17-10-7-15(18(11-17)27-2)12-21-23-20(25)14-5-8-16(9-6-14)22-19(24)13-3-4-13/h5-13H,3-4H2,1-2H3,(H,22,24)(H,23,25)/b21-12+. The number of amides is 2. The van der Waals surface area contributed by atoms with Gasteiger partial charge >= 0.3 is 0 Å². The first-order valence-corrected chi connectivity index (χ1v) is 8.57. The predicted octanol–water partition coefficient (Wildman–Crippen LogP) is 2.82. The quantitative estimate of drug-likeness (QED) is 0.582. The maximum Gasteiger partial charge on any atom is 0.271 e. The summed E-state index contributed by atoms with van der Waals surface area (Å²) >= 11 is 0. The summed E-state index contributed by atoms with van der Waals surface area (Å²) in [4.78, 5) is 23.9. The fourth-order valence-electron chi connectivity index (χ4n) is 2.44. The average Bonchev–Trinajstić information content (AvgIpc) is 3.54. The van der Waals surface area contributed by atoms with E-state index < -0.39 is 0 Å². The third-order valence-corrected chi connectivity index (χ3v) is 4.17. The Balaban J connectivity index is 1.58. The molecule has 1 fully saturated rings. The van der Waals surface area contributed by atoms with Crippen LogP contribution in [0.2, 0.25) is 0 Å². The van der Waals surface area contributed by atoms with Gasteiger partial charge in [-0.15, -0.1) is 0 Å². The largest absolute Gasteiger partial charge is 0.497 e. The number of hydrazone groups is 1. The average molecular weight is 367 g/mol. The number of carbonyl (C=O) groups excluding carboxylic acids is 2. The number of hydrogen-bond donors (Lipinski definition) is 2. The van der Waals surface area contributed by atoms with E-state index in [9.17, 15) is 9.59 Å². The molecular formula is C20H21N3O4. The Kier molecular flexibility index (Phi) is 5.71. The molecule has 0 aromatic heterocycles. The fraction of sp³-hybridized carbons (Fsp3) is 0.250. The Bertz CT molecular complexity index is 858. The normalized spacial score (nSPS) is 13.3. The van der Waals surface area contributed by atoms with E-state index in [2.05, 4.69) is 15.8 Å². The Labute approximate surface area is 157 Å². The zero-order valence-electron chi connectivity index (χ0n) is 15.2. The summed E-state index contributed by atoms with van der Waals surface area (Å²) in [7, 11) is 3.12. The van der Waals surface area contributed by atoms with Crippen molar-refractivity contribution in [3.05, 3.63) is 53.6 Å². The second-order valence-electron chi connectivity index (χ2n) is 6.15. The van der Waals surface area contributed by atoms with Gasteiger partial charge in [0.15, 0.2) is 0 Å². The van der Waals surface area contributed by atoms with E-state index in [1.807, 2.05) is 0 Å². The molecule has 0 radical (unpaired) electrons. The fourth-order valence-corrected chi connectivity index (χ4v) is 2.44. The van der Waals surface area contributed by atoms with Crippen LogP contribution in [0.25, 0.3) is 0 Å². The number of nitrogens with zero attached hydrogens (tertiary/aromatic N) is 1. The van der Waals surface area contributed by atoms with E-state index in [4.69, 9.17) is 9.47 Å². The third-order valence-electron chi connectivity index (χ3n) is 4.17. The minimum atomic E-state index is -0.348. The van der Waals surface area contributed by atoms with Crippen molar-refractivity contribution in [1.82, 2.24) is 5.43 Å². The lowest BCUT2D eigenvalue weighted by molar-refractivity contribution is -0.117. The van der Waals surface area contributed by atoms with E-state index in [0.29, 0.717) is 28.3 Å². The van der Waals surface area contributed by atoms with Crippen LogP contribution >= 0.6 is 0 Å². The molecule has 0 saturated heterocycles. The van der Waals surface area contributed by atoms with E-state index >= 15 is 0 Å². The lowest BCUT2D eigenvalue weighted by Gasteiger charge is -2.07. The highest BCUT2D eigenvalue weighted by molar-refractivity contribution is 5.97. The molecule has 7 nitrogen and oxygen atoms in total. The summed E-state index contributed by atoms with van der Waals surface area (Å²) in [5, 5.41) is 6.80. The van der Waals surface area contributed by atoms with Crippen molar-refractivity contribution in [2.24, 2.45) is 11.0 Å². The van der Waals surface area contributed by atoms with Crippen molar-refractivity contribution in [3.63, 3.8) is 0 Å². The van der Waals surface area contributed by atoms with E-state index in [-0.39, 0.29) is 17.7 Å². The molecule has 7 heteroatoms. The van der Waals surface area contributed by atoms with Crippen molar-refractivity contribution in [3.8, 4) is 11.5 Å². The second-order valence-corrected chi connectivity index (χ2v) is 6.15. The summed E-state index contributed by atoms with van der Waals surface area (Å²) in [6, 6.07) is 12.0. The summed E-state index contributed by atoms with van der Waals surface area (Å²) in [5.41, 5.74) is 4.30. The van der Waals surface area contributed by atoms with Crippen LogP contribution in [-0.4, -0.2) is 32.2 Å². The molecule has 1 saturated carbocycles. The van der Waals surface area contributed by atoms with Crippen LogP contribution in [0.3, 0.4) is 0 Å². The van der Waals surface area contributed by atoms with E-state index in [1.54, 1.807) is 56.7 Å². The summed E-state index contributed by atoms with van der Waals surface area (Å²) in [5.74, 6) is 1.08. The Morgan fingerprint density at radius 2 is 1.81 bits per heavy atom. The number of ether oxygens (including phenoxy) is 2. The summed E-state index contributed by atoms with van der Waals surface area (Å²) in [6.45, 7) is 0. The zero-order chi connectivity index (χ0) is 19.2. The SMILES string of the molecule is COc1ccc(/C=N/NC(=O)c2ccc(NC(=O)C3CC3)cc2)c(OC)c1. The van der Waals surface area contributed by atoms with Gasteiger partial charge in [0.1, 0.15) is 11.5 Å². The Morgan fingerprint density at radius 3 is 2.44 bits per heavy atom. The van der Waals surface area contributed by atoms with Gasteiger partial charge in [-0.2, -0.15) is 5.10 Å². The van der Waals surface area contributed by atoms with Crippen molar-refractivity contribution < 1.29 is 19.1 Å². The Morgan fingerprint density at radius 1 is 1.07 bits per heavy atom. The van der Waals surface area contributed by atoms with Gasteiger partial charge in [0, 0.05) is 28.8 Å². The number of nitrogens with one attached hydrogen (secondary N) is 2. The minimum Gasteiger partial charge on any atom is -0.497 e. The number of benzene rings is 2. The molecule has 2 aromatic carbocycles. The van der Waals surface area contributed by atoms with E-state index in [0.717, 1.165) is 12.8 Å². The Hall–Kier alpha value is -3.35. The van der Waals surface area contributed by atoms with Gasteiger partial charge in [-0.1, -0.05) is 0 Å². The van der Waals surface area contributed by atoms with Gasteiger partial charge in [0.25, 0.3) is 5.91 Å². The van der Waals surface area contributed by atoms with Crippen molar-refractivity contribution in [2.45, 2.75) is 12.8 Å². The summed E-state index contributed by atoms with van der Waals surface area (Å²) < 4.78 is 10.4. The van der Waals surface area contributed by atoms with Gasteiger partial charge in [-0.25, -0.2) is 5.43 Å². The third kappa shape index (κ3) is 4.84. The topological polar surface area (TPSA) is 89.0 Å². The first-order valence-electron chi connectivity index (χ1n) is 8.57. The van der Waals surface area contributed by atoms with Crippen LogP contribution < -0.4 is 20.2 Å². The van der Waals surface area contributed by atoms with Crippen LogP contribution in [0.1, 0.15) is 28.8 Å². The molecule has 2 N–H and O–H groups in total. The highest BCUT2D eigenvalue weighted by Crippen LogP contribution is 2.30. The molecule has 27 heavy (non-hydrogen) atoms. The van der Waals surface area contributed by atoms with Gasteiger partial charge in [-0.05, 0) is 49.2 Å². The predicted molar refractivity (Wildman–Crippen MR) is 102 cm³/mol. The van der Waals surface area contributed by atoms with Crippen molar-refractivity contribution >= 4 is 23.7 Å². The van der Waals surface area contributed by atoms with Crippen molar-refractivity contribution in [1.29, 1.82) is 0 Å². The number of hydrogen-bond acceptors (Lipinski definition) is 5. The van der Waals surface area contributed by atoms with Gasteiger partial charge < -0.3 is 14.8 Å². The molecule has 0 heterocycles. The number of methoxy groups -OCH3 is 2. The van der Waals surface area contributed by atoms with Crippen LogP contribution in [-0.2, 0) is 4.79 Å². The molecule has 0 bridgehead atoms. The first kappa shape index (κ1) is 18.4. The highest BCUT2D eigenvalue weighted by atomic mass is 16.5. The molecule has 2 aromatic rings. The zero-order valence-corrected chi connectivity index (χ0v) is 15.2.